The molecule has 1 atom stereocenters. The molecule has 0 heterocycles. The van der Waals surface area contributed by atoms with E-state index in [0.29, 0.717) is 16.3 Å². The van der Waals surface area contributed by atoms with Crippen molar-refractivity contribution in [1.82, 2.24) is 5.32 Å². The van der Waals surface area contributed by atoms with E-state index >= 15 is 0 Å². The summed E-state index contributed by atoms with van der Waals surface area (Å²) in [6.07, 6.45) is -4.55. The van der Waals surface area contributed by atoms with Crippen molar-refractivity contribution >= 4 is 46.2 Å². The Bertz CT molecular complexity index is 1080. The molecule has 160 valence electrons. The van der Waals surface area contributed by atoms with Crippen LogP contribution in [-0.2, 0) is 11.0 Å². The molecule has 0 aliphatic rings. The number of rotatable bonds is 5. The molecule has 3 aromatic carbocycles. The van der Waals surface area contributed by atoms with Crippen molar-refractivity contribution in [2.24, 2.45) is 0 Å². The first-order valence-corrected chi connectivity index (χ1v) is 9.88. The summed E-state index contributed by atoms with van der Waals surface area (Å²) in [5, 5.41) is 8.39. The summed E-state index contributed by atoms with van der Waals surface area (Å²) < 4.78 is 39.8. The Kier molecular flexibility index (Phi) is 7.14. The highest BCUT2D eigenvalue weighted by Crippen LogP contribution is 2.34. The monoisotopic (exact) mass is 463 g/mol. The molecular weight excluding hydrogens is 447 g/mol. The van der Waals surface area contributed by atoms with Gasteiger partial charge in [0.1, 0.15) is 6.04 Å². The zero-order valence-corrected chi connectivity index (χ0v) is 17.5. The Morgan fingerprint density at radius 2 is 1.58 bits per heavy atom. The lowest BCUT2D eigenvalue weighted by Gasteiger charge is -2.22. The quantitative estimate of drug-likeness (QED) is 0.405. The molecule has 3 N–H and O–H groups in total. The second-order valence-corrected chi connectivity index (χ2v) is 7.33. The number of carbonyl (C=O) groups excluding carboxylic acids is 1. The Morgan fingerprint density at radius 1 is 0.903 bits per heavy atom. The minimum absolute atomic E-state index is 0.133. The third-order valence-corrected chi connectivity index (χ3v) is 4.70. The van der Waals surface area contributed by atoms with E-state index in [1.54, 1.807) is 54.6 Å². The third kappa shape index (κ3) is 6.19. The average molecular weight is 464 g/mol. The molecule has 0 spiro atoms. The van der Waals surface area contributed by atoms with E-state index in [9.17, 15) is 18.0 Å². The van der Waals surface area contributed by atoms with Crippen molar-refractivity contribution in [3.8, 4) is 0 Å². The molecule has 31 heavy (non-hydrogen) atoms. The minimum atomic E-state index is -4.55. The number of halogens is 4. The van der Waals surface area contributed by atoms with Crippen LogP contribution in [0.1, 0.15) is 17.2 Å². The third-order valence-electron chi connectivity index (χ3n) is 4.24. The molecule has 0 radical (unpaired) electrons. The van der Waals surface area contributed by atoms with Crippen LogP contribution in [0.25, 0.3) is 0 Å². The van der Waals surface area contributed by atoms with Crippen molar-refractivity contribution in [2.75, 3.05) is 10.6 Å². The molecule has 0 aliphatic heterocycles. The van der Waals surface area contributed by atoms with E-state index in [-0.39, 0.29) is 10.8 Å². The average Bonchev–Trinajstić information content (AvgIpc) is 2.72. The lowest BCUT2D eigenvalue weighted by Crippen LogP contribution is -2.39. The van der Waals surface area contributed by atoms with Gasteiger partial charge >= 0.3 is 6.18 Å². The summed E-state index contributed by atoms with van der Waals surface area (Å²) in [6, 6.07) is 19.3. The van der Waals surface area contributed by atoms with E-state index in [2.05, 4.69) is 16.0 Å². The fourth-order valence-electron chi connectivity index (χ4n) is 2.86. The molecule has 9 heteroatoms. The van der Waals surface area contributed by atoms with Crippen LogP contribution in [0.5, 0.6) is 0 Å². The van der Waals surface area contributed by atoms with Gasteiger partial charge in [-0.2, -0.15) is 13.2 Å². The number of benzene rings is 3. The maximum atomic E-state index is 13.3. The van der Waals surface area contributed by atoms with Gasteiger partial charge < -0.3 is 16.0 Å². The Labute approximate surface area is 187 Å². The summed E-state index contributed by atoms with van der Waals surface area (Å²) in [4.78, 5) is 13.0. The fraction of sp³-hybridized carbons (Fsp3) is 0.0909. The second-order valence-electron chi connectivity index (χ2n) is 6.49. The van der Waals surface area contributed by atoms with Crippen molar-refractivity contribution in [3.63, 3.8) is 0 Å². The van der Waals surface area contributed by atoms with Crippen molar-refractivity contribution in [3.05, 3.63) is 95.0 Å². The van der Waals surface area contributed by atoms with Gasteiger partial charge in [-0.05, 0) is 48.1 Å². The van der Waals surface area contributed by atoms with E-state index in [0.717, 1.165) is 6.07 Å². The number of para-hydroxylation sites is 1. The molecular formula is C22H17ClF3N3OS. The number of hydrogen-bond acceptors (Lipinski definition) is 2. The van der Waals surface area contributed by atoms with Crippen LogP contribution < -0.4 is 16.0 Å². The van der Waals surface area contributed by atoms with Crippen LogP contribution in [0.4, 0.5) is 24.5 Å². The van der Waals surface area contributed by atoms with Gasteiger partial charge in [0.05, 0.1) is 11.3 Å². The summed E-state index contributed by atoms with van der Waals surface area (Å²) in [6.45, 7) is 0. The molecule has 3 rings (SSSR count). The number of anilines is 2. The molecule has 0 saturated carbocycles. The lowest BCUT2D eigenvalue weighted by molar-refractivity contribution is -0.136. The number of carbonyl (C=O) groups is 1. The predicted molar refractivity (Wildman–Crippen MR) is 120 cm³/mol. The highest BCUT2D eigenvalue weighted by molar-refractivity contribution is 7.80. The Balaban J connectivity index is 1.81. The molecule has 1 amide bonds. The number of nitrogens with one attached hydrogen (secondary N) is 3. The van der Waals surface area contributed by atoms with E-state index in [4.69, 9.17) is 23.8 Å². The maximum absolute atomic E-state index is 13.3. The summed E-state index contributed by atoms with van der Waals surface area (Å²) in [5.74, 6) is -0.457. The van der Waals surface area contributed by atoms with Crippen molar-refractivity contribution in [1.29, 1.82) is 0 Å². The summed E-state index contributed by atoms with van der Waals surface area (Å²) in [7, 11) is 0. The van der Waals surface area contributed by atoms with Gasteiger partial charge in [-0.15, -0.1) is 0 Å². The summed E-state index contributed by atoms with van der Waals surface area (Å²) >= 11 is 11.2. The Morgan fingerprint density at radius 3 is 2.26 bits per heavy atom. The standard InChI is InChI=1S/C22H17ClF3N3OS/c23-15-9-6-10-16(13-15)27-20(30)19(14-7-2-1-3-8-14)29-21(31)28-18-12-5-4-11-17(18)22(24,25)26/h1-13,19H,(H,27,30)(H2,28,29,31). The first-order chi connectivity index (χ1) is 14.7. The predicted octanol–water partition coefficient (Wildman–Crippen LogP) is 6.03. The minimum Gasteiger partial charge on any atom is -0.347 e. The zero-order valence-electron chi connectivity index (χ0n) is 15.9. The number of amides is 1. The molecule has 3 aromatic rings. The topological polar surface area (TPSA) is 53.2 Å². The van der Waals surface area contributed by atoms with Crippen LogP contribution in [-0.4, -0.2) is 11.0 Å². The number of alkyl halides is 3. The van der Waals surface area contributed by atoms with Crippen LogP contribution in [0.3, 0.4) is 0 Å². The van der Waals surface area contributed by atoms with Crippen LogP contribution in [0.2, 0.25) is 5.02 Å². The lowest BCUT2D eigenvalue weighted by atomic mass is 10.1. The first-order valence-electron chi connectivity index (χ1n) is 9.09. The molecule has 0 saturated heterocycles. The SMILES string of the molecule is O=C(Nc1cccc(Cl)c1)C(NC(=S)Nc1ccccc1C(F)(F)F)c1ccccc1. The molecule has 0 fully saturated rings. The fourth-order valence-corrected chi connectivity index (χ4v) is 3.27. The van der Waals surface area contributed by atoms with Gasteiger partial charge in [-0.1, -0.05) is 60.1 Å². The van der Waals surface area contributed by atoms with Crippen LogP contribution in [0, 0.1) is 0 Å². The Hall–Kier alpha value is -3.10. The van der Waals surface area contributed by atoms with E-state index < -0.39 is 23.7 Å². The number of hydrogen-bond donors (Lipinski definition) is 3. The van der Waals surface area contributed by atoms with E-state index in [1.165, 1.54) is 18.2 Å². The van der Waals surface area contributed by atoms with E-state index in [1.807, 2.05) is 0 Å². The van der Waals surface area contributed by atoms with Gasteiger partial charge in [0.25, 0.3) is 5.91 Å². The zero-order chi connectivity index (χ0) is 22.4. The summed E-state index contributed by atoms with van der Waals surface area (Å²) in [5.41, 5.74) is -0.0230. The van der Waals surface area contributed by atoms with Crippen molar-refractivity contribution in [2.45, 2.75) is 12.2 Å². The first kappa shape index (κ1) is 22.6. The molecule has 0 aliphatic carbocycles. The van der Waals surface area contributed by atoms with Gasteiger partial charge in [0.15, 0.2) is 5.11 Å². The highest BCUT2D eigenvalue weighted by atomic mass is 35.5. The van der Waals surface area contributed by atoms with Gasteiger partial charge in [-0.25, -0.2) is 0 Å². The van der Waals surface area contributed by atoms with Gasteiger partial charge in [0, 0.05) is 10.7 Å². The molecule has 4 nitrogen and oxygen atoms in total. The maximum Gasteiger partial charge on any atom is 0.418 e. The van der Waals surface area contributed by atoms with Crippen LogP contribution >= 0.6 is 23.8 Å². The van der Waals surface area contributed by atoms with Gasteiger partial charge in [0.2, 0.25) is 0 Å². The molecule has 0 bridgehead atoms. The highest BCUT2D eigenvalue weighted by Gasteiger charge is 2.33. The van der Waals surface area contributed by atoms with Crippen molar-refractivity contribution < 1.29 is 18.0 Å². The second kappa shape index (κ2) is 9.80. The number of thiocarbonyl (C=S) groups is 1. The largest absolute Gasteiger partial charge is 0.418 e. The smallest absolute Gasteiger partial charge is 0.347 e. The van der Waals surface area contributed by atoms with Crippen LogP contribution in [0.15, 0.2) is 78.9 Å². The van der Waals surface area contributed by atoms with Gasteiger partial charge in [-0.3, -0.25) is 4.79 Å². The molecule has 0 aromatic heterocycles. The normalized spacial score (nSPS) is 12.0. The molecule has 1 unspecified atom stereocenters.